The highest BCUT2D eigenvalue weighted by molar-refractivity contribution is 6.23. The number of halogens is 1. The summed E-state index contributed by atoms with van der Waals surface area (Å²) in [6, 6.07) is 1.15. The number of carboxylic acid groups (broad SMARTS) is 1. The molecule has 3 heterocycles. The molecule has 0 spiro atoms. The van der Waals surface area contributed by atoms with Gasteiger partial charge in [-0.05, 0) is 25.0 Å². The molecule has 0 radical (unpaired) electrons. The van der Waals surface area contributed by atoms with E-state index in [4.69, 9.17) is 5.11 Å². The number of fused-ring (bicyclic) bond motifs is 1. The lowest BCUT2D eigenvalue weighted by Gasteiger charge is -2.27. The van der Waals surface area contributed by atoms with Crippen LogP contribution in [0.5, 0.6) is 0 Å². The monoisotopic (exact) mass is 457 g/mol. The number of amides is 4. The lowest BCUT2D eigenvalue weighted by molar-refractivity contribution is -0.136. The average molecular weight is 457 g/mol. The Kier molecular flexibility index (Phi) is 5.66. The lowest BCUT2D eigenvalue weighted by Crippen LogP contribution is -2.54. The van der Waals surface area contributed by atoms with Crippen molar-refractivity contribution < 1.29 is 33.5 Å². The first-order valence-electron chi connectivity index (χ1n) is 10.2. The van der Waals surface area contributed by atoms with Gasteiger partial charge in [0.2, 0.25) is 11.8 Å². The number of carbonyl (C=O) groups is 5. The van der Waals surface area contributed by atoms with Crippen molar-refractivity contribution in [3.05, 3.63) is 47.0 Å². The van der Waals surface area contributed by atoms with Gasteiger partial charge in [0.1, 0.15) is 11.9 Å². The topological polar surface area (TPSA) is 142 Å². The van der Waals surface area contributed by atoms with Crippen LogP contribution in [0.3, 0.4) is 0 Å². The number of aryl methyl sites for hydroxylation is 1. The first-order valence-corrected chi connectivity index (χ1v) is 10.2. The predicted octanol–water partition coefficient (Wildman–Crippen LogP) is 0.648. The number of imide groups is 2. The van der Waals surface area contributed by atoms with Crippen LogP contribution in [0.15, 0.2) is 24.5 Å². The molecule has 2 aliphatic rings. The van der Waals surface area contributed by atoms with E-state index in [1.807, 2.05) is 0 Å². The van der Waals surface area contributed by atoms with Gasteiger partial charge in [0, 0.05) is 32.8 Å². The van der Waals surface area contributed by atoms with Gasteiger partial charge in [0.25, 0.3) is 11.8 Å². The summed E-state index contributed by atoms with van der Waals surface area (Å²) < 4.78 is 16.3. The Balaban J connectivity index is 1.47. The van der Waals surface area contributed by atoms with Crippen molar-refractivity contribution in [1.82, 2.24) is 20.0 Å². The van der Waals surface area contributed by atoms with Crippen molar-refractivity contribution in [2.45, 2.75) is 31.8 Å². The molecule has 172 valence electrons. The number of hydrogen-bond donors (Lipinski definition) is 2. The Labute approximate surface area is 186 Å². The summed E-state index contributed by atoms with van der Waals surface area (Å²) >= 11 is 0. The van der Waals surface area contributed by atoms with Gasteiger partial charge in [0.05, 0.1) is 28.6 Å². The Bertz CT molecular complexity index is 1190. The third-order valence-corrected chi connectivity index (χ3v) is 5.68. The predicted molar refractivity (Wildman–Crippen MR) is 110 cm³/mol. The third-order valence-electron chi connectivity index (χ3n) is 5.68. The largest absolute Gasteiger partial charge is 0.478 e. The van der Waals surface area contributed by atoms with E-state index in [0.717, 1.165) is 11.0 Å². The fraction of sp³-hybridized carbons (Fsp3) is 0.333. The molecule has 11 nitrogen and oxygen atoms in total. The normalized spacial score (nSPS) is 17.9. The van der Waals surface area contributed by atoms with E-state index in [-0.39, 0.29) is 35.2 Å². The summed E-state index contributed by atoms with van der Waals surface area (Å²) in [6.45, 7) is 0.752. The van der Waals surface area contributed by atoms with E-state index in [0.29, 0.717) is 19.5 Å². The van der Waals surface area contributed by atoms with Gasteiger partial charge in [-0.3, -0.25) is 34.1 Å². The minimum atomic E-state index is -1.12. The molecule has 1 unspecified atom stereocenters. The van der Waals surface area contributed by atoms with Gasteiger partial charge >= 0.3 is 5.97 Å². The number of hydrogen-bond acceptors (Lipinski definition) is 7. The summed E-state index contributed by atoms with van der Waals surface area (Å²) in [5.41, 5.74) is 0.0340. The molecule has 1 aromatic heterocycles. The first-order chi connectivity index (χ1) is 15.7. The third kappa shape index (κ3) is 4.06. The van der Waals surface area contributed by atoms with Gasteiger partial charge in [-0.15, -0.1) is 0 Å². The number of piperidine rings is 1. The zero-order valence-corrected chi connectivity index (χ0v) is 17.6. The maximum Gasteiger partial charge on any atom is 0.338 e. The molecule has 2 aliphatic heterocycles. The molecular formula is C21H20FN5O6. The van der Waals surface area contributed by atoms with Gasteiger partial charge in [-0.25, -0.2) is 9.18 Å². The Hall–Kier alpha value is -4.09. The van der Waals surface area contributed by atoms with Crippen molar-refractivity contribution in [2.24, 2.45) is 0 Å². The molecular weight excluding hydrogens is 437 g/mol. The second-order valence-corrected chi connectivity index (χ2v) is 7.87. The van der Waals surface area contributed by atoms with Crippen molar-refractivity contribution in [3.63, 3.8) is 0 Å². The molecule has 12 heteroatoms. The van der Waals surface area contributed by atoms with E-state index < -0.39 is 41.5 Å². The molecule has 1 aromatic carbocycles. The zero-order valence-electron chi connectivity index (χ0n) is 17.6. The van der Waals surface area contributed by atoms with Crippen molar-refractivity contribution in [2.75, 3.05) is 18.5 Å². The molecule has 1 atom stereocenters. The van der Waals surface area contributed by atoms with Gasteiger partial charge in [-0.2, -0.15) is 5.10 Å². The number of aromatic carboxylic acids is 1. The molecule has 1 fully saturated rings. The molecule has 33 heavy (non-hydrogen) atoms. The van der Waals surface area contributed by atoms with Gasteiger partial charge in [-0.1, -0.05) is 0 Å². The second kappa shape index (κ2) is 8.45. The van der Waals surface area contributed by atoms with E-state index in [1.54, 1.807) is 11.9 Å². The molecule has 2 N–H and O–H groups in total. The standard InChI is InChI=1S/C21H20FN5O6/c1-25(5-2-6-26-10-11(9-23-26)21(32)33)16-8-13-12(7-14(16)22)19(30)27(20(13)31)15-3-4-17(28)24-18(15)29/h7-10,15H,2-6H2,1H3,(H,32,33)(H,24,28,29). The average Bonchev–Trinajstić information content (AvgIpc) is 3.32. The number of aromatic nitrogens is 2. The van der Waals surface area contributed by atoms with Crippen LogP contribution in [-0.2, 0) is 16.1 Å². The maximum absolute atomic E-state index is 14.8. The molecule has 1 saturated heterocycles. The van der Waals surface area contributed by atoms with E-state index in [9.17, 15) is 28.4 Å². The van der Waals surface area contributed by atoms with Crippen LogP contribution in [0.25, 0.3) is 0 Å². The van der Waals surface area contributed by atoms with E-state index in [1.165, 1.54) is 23.1 Å². The van der Waals surface area contributed by atoms with Crippen LogP contribution in [0.1, 0.15) is 50.3 Å². The molecule has 4 amide bonds. The number of nitrogens with zero attached hydrogens (tertiary/aromatic N) is 4. The number of rotatable bonds is 7. The first kappa shape index (κ1) is 22.1. The SMILES string of the molecule is CN(CCCn1cc(C(=O)O)cn1)c1cc2c(cc1F)C(=O)N(C1CCC(=O)NC1=O)C2=O. The van der Waals surface area contributed by atoms with Crippen molar-refractivity contribution >= 4 is 35.3 Å². The summed E-state index contributed by atoms with van der Waals surface area (Å²) in [6.07, 6.45) is 3.15. The highest BCUT2D eigenvalue weighted by atomic mass is 19.1. The zero-order chi connectivity index (χ0) is 23.9. The maximum atomic E-state index is 14.8. The van der Waals surface area contributed by atoms with E-state index >= 15 is 0 Å². The Morgan fingerprint density at radius 3 is 2.58 bits per heavy atom. The minimum absolute atomic E-state index is 0.00360. The smallest absolute Gasteiger partial charge is 0.338 e. The highest BCUT2D eigenvalue weighted by Crippen LogP contribution is 2.32. The van der Waals surface area contributed by atoms with Crippen LogP contribution < -0.4 is 10.2 Å². The minimum Gasteiger partial charge on any atom is -0.478 e. The number of anilines is 1. The lowest BCUT2D eigenvalue weighted by atomic mass is 10.0. The van der Waals surface area contributed by atoms with Crippen LogP contribution in [0.4, 0.5) is 10.1 Å². The van der Waals surface area contributed by atoms with Gasteiger partial charge in [0.15, 0.2) is 0 Å². The highest BCUT2D eigenvalue weighted by Gasteiger charge is 2.45. The Morgan fingerprint density at radius 1 is 1.24 bits per heavy atom. The van der Waals surface area contributed by atoms with Gasteiger partial charge < -0.3 is 10.0 Å². The van der Waals surface area contributed by atoms with E-state index in [2.05, 4.69) is 10.4 Å². The summed E-state index contributed by atoms with van der Waals surface area (Å²) in [7, 11) is 1.62. The molecule has 0 saturated carbocycles. The summed E-state index contributed by atoms with van der Waals surface area (Å²) in [5, 5.41) is 15.0. The molecule has 2 aromatic rings. The van der Waals surface area contributed by atoms with Crippen molar-refractivity contribution in [3.8, 4) is 0 Å². The van der Waals surface area contributed by atoms with Crippen LogP contribution in [0, 0.1) is 5.82 Å². The fourth-order valence-corrected chi connectivity index (χ4v) is 3.96. The Morgan fingerprint density at radius 2 is 1.94 bits per heavy atom. The fourth-order valence-electron chi connectivity index (χ4n) is 3.96. The van der Waals surface area contributed by atoms with Crippen LogP contribution in [0.2, 0.25) is 0 Å². The second-order valence-electron chi connectivity index (χ2n) is 7.87. The molecule has 0 bridgehead atoms. The number of nitrogens with one attached hydrogen (secondary N) is 1. The number of benzene rings is 1. The molecule has 4 rings (SSSR count). The summed E-state index contributed by atoms with van der Waals surface area (Å²) in [5.74, 6) is -4.47. The van der Waals surface area contributed by atoms with Crippen molar-refractivity contribution in [1.29, 1.82) is 0 Å². The summed E-state index contributed by atoms with van der Waals surface area (Å²) in [4.78, 5) is 62.5. The quantitative estimate of drug-likeness (QED) is 0.577. The number of carboxylic acids is 1. The molecule has 0 aliphatic carbocycles. The number of carbonyl (C=O) groups excluding carboxylic acids is 4. The van der Waals surface area contributed by atoms with Crippen LogP contribution in [-0.4, -0.2) is 69.0 Å². The van der Waals surface area contributed by atoms with Crippen LogP contribution >= 0.6 is 0 Å².